The quantitative estimate of drug-likeness (QED) is 0.816. The molecule has 3 unspecified atom stereocenters. The summed E-state index contributed by atoms with van der Waals surface area (Å²) in [4.78, 5) is 0. The molecule has 0 radical (unpaired) electrons. The van der Waals surface area contributed by atoms with E-state index in [9.17, 15) is 0 Å². The van der Waals surface area contributed by atoms with E-state index in [1.807, 2.05) is 11.8 Å². The van der Waals surface area contributed by atoms with Crippen LogP contribution in [0.2, 0.25) is 0 Å². The van der Waals surface area contributed by atoms with E-state index in [2.05, 4.69) is 25.4 Å². The van der Waals surface area contributed by atoms with Gasteiger partial charge in [0.2, 0.25) is 0 Å². The average Bonchev–Trinajstić information content (AvgIpc) is 2.88. The first-order valence-corrected chi connectivity index (χ1v) is 7.72. The van der Waals surface area contributed by atoms with Crippen LogP contribution in [0.15, 0.2) is 0 Å². The maximum Gasteiger partial charge on any atom is 0.0685 e. The summed E-state index contributed by atoms with van der Waals surface area (Å²) in [6.45, 7) is 6.89. The van der Waals surface area contributed by atoms with Crippen molar-refractivity contribution >= 4 is 11.8 Å². The van der Waals surface area contributed by atoms with E-state index in [0.717, 1.165) is 12.5 Å². The lowest BCUT2D eigenvalue weighted by molar-refractivity contribution is -0.112. The van der Waals surface area contributed by atoms with Crippen LogP contribution in [-0.2, 0) is 4.74 Å². The summed E-state index contributed by atoms with van der Waals surface area (Å²) >= 11 is 2.05. The predicted molar refractivity (Wildman–Crippen MR) is 68.9 cm³/mol. The van der Waals surface area contributed by atoms with Crippen LogP contribution in [0.25, 0.3) is 0 Å². The van der Waals surface area contributed by atoms with Crippen LogP contribution in [0, 0.1) is 11.3 Å². The summed E-state index contributed by atoms with van der Waals surface area (Å²) in [5.74, 6) is 0.785. The molecule has 0 aromatic carbocycles. The molecular weight excluding hydrogens is 218 g/mol. The third-order valence-corrected chi connectivity index (χ3v) is 6.40. The molecule has 0 amide bonds. The molecule has 0 aromatic rings. The molecule has 1 aliphatic heterocycles. The van der Waals surface area contributed by atoms with Gasteiger partial charge in [-0.15, -0.1) is 0 Å². The maximum atomic E-state index is 5.83. The molecule has 3 heteroatoms. The molecule has 0 bridgehead atoms. The molecule has 0 aromatic heterocycles. The minimum absolute atomic E-state index is 0.343. The van der Waals surface area contributed by atoms with Crippen molar-refractivity contribution in [2.75, 3.05) is 19.4 Å². The van der Waals surface area contributed by atoms with Crippen molar-refractivity contribution in [3.8, 4) is 0 Å². The average molecular weight is 241 g/mol. The summed E-state index contributed by atoms with van der Waals surface area (Å²) in [7, 11) is 0. The van der Waals surface area contributed by atoms with Crippen LogP contribution in [0.1, 0.15) is 33.1 Å². The van der Waals surface area contributed by atoms with Crippen LogP contribution in [-0.4, -0.2) is 36.3 Å². The van der Waals surface area contributed by atoms with Crippen molar-refractivity contribution < 1.29 is 4.74 Å². The van der Waals surface area contributed by atoms with E-state index < -0.39 is 0 Å². The molecule has 3 atom stereocenters. The number of nitrogens with one attached hydrogen (secondary N) is 1. The molecule has 0 spiro atoms. The lowest BCUT2D eigenvalue weighted by Crippen LogP contribution is -2.66. The van der Waals surface area contributed by atoms with Crippen molar-refractivity contribution in [2.45, 2.75) is 50.0 Å². The molecular formula is C13H23NOS. The summed E-state index contributed by atoms with van der Waals surface area (Å²) in [5, 5.41) is 3.83. The minimum Gasteiger partial charge on any atom is -0.377 e. The number of rotatable bonds is 4. The van der Waals surface area contributed by atoms with Gasteiger partial charge in [-0.1, -0.05) is 13.8 Å². The third-order valence-electron chi connectivity index (χ3n) is 4.99. The minimum atomic E-state index is 0.343. The van der Waals surface area contributed by atoms with Gasteiger partial charge in [0.15, 0.2) is 0 Å². The Morgan fingerprint density at radius 1 is 1.38 bits per heavy atom. The Balaban J connectivity index is 1.59. The number of hydrogen-bond donors (Lipinski definition) is 1. The largest absolute Gasteiger partial charge is 0.377 e. The SMILES string of the molecule is CSC1(CNC2C3CCOC3C2(C)C)CC1. The third kappa shape index (κ3) is 1.55. The normalized spacial score (nSPS) is 42.6. The summed E-state index contributed by atoms with van der Waals surface area (Å²) in [6, 6.07) is 0.685. The second-order valence-corrected chi connectivity index (χ2v) is 7.59. The highest BCUT2D eigenvalue weighted by Gasteiger charge is 2.59. The molecule has 92 valence electrons. The standard InChI is InChI=1S/C13H23NOS/c1-12(2)10(9-4-7-15-11(9)12)14-8-13(16-3)5-6-13/h9-11,14H,4-8H2,1-3H3. The van der Waals surface area contributed by atoms with Gasteiger partial charge in [0.25, 0.3) is 0 Å². The predicted octanol–water partition coefficient (Wildman–Crippen LogP) is 2.29. The highest BCUT2D eigenvalue weighted by molar-refractivity contribution is 8.00. The molecule has 3 rings (SSSR count). The monoisotopic (exact) mass is 241 g/mol. The van der Waals surface area contributed by atoms with Gasteiger partial charge in [-0.05, 0) is 25.5 Å². The lowest BCUT2D eigenvalue weighted by Gasteiger charge is -2.55. The summed E-state index contributed by atoms with van der Waals surface area (Å²) in [6.07, 6.45) is 6.84. The van der Waals surface area contributed by atoms with Crippen LogP contribution < -0.4 is 5.32 Å². The number of thioether (sulfide) groups is 1. The molecule has 2 saturated carbocycles. The Kier molecular flexibility index (Phi) is 2.58. The fraction of sp³-hybridized carbons (Fsp3) is 1.00. The molecule has 3 aliphatic rings. The highest BCUT2D eigenvalue weighted by atomic mass is 32.2. The zero-order valence-corrected chi connectivity index (χ0v) is 11.4. The summed E-state index contributed by atoms with van der Waals surface area (Å²) in [5.41, 5.74) is 0.343. The van der Waals surface area contributed by atoms with E-state index in [4.69, 9.17) is 4.74 Å². The molecule has 3 fully saturated rings. The Morgan fingerprint density at radius 2 is 2.12 bits per heavy atom. The molecule has 2 nitrogen and oxygen atoms in total. The highest BCUT2D eigenvalue weighted by Crippen LogP contribution is 2.53. The van der Waals surface area contributed by atoms with Gasteiger partial charge in [0.05, 0.1) is 6.10 Å². The Morgan fingerprint density at radius 3 is 2.75 bits per heavy atom. The topological polar surface area (TPSA) is 21.3 Å². The van der Waals surface area contributed by atoms with Gasteiger partial charge in [-0.3, -0.25) is 0 Å². The maximum absolute atomic E-state index is 5.83. The first kappa shape index (κ1) is 11.4. The molecule has 1 heterocycles. The van der Waals surface area contributed by atoms with Gasteiger partial charge in [0.1, 0.15) is 0 Å². The number of hydrogen-bond acceptors (Lipinski definition) is 3. The fourth-order valence-corrected chi connectivity index (χ4v) is 4.37. The molecule has 1 N–H and O–H groups in total. The first-order valence-electron chi connectivity index (χ1n) is 6.49. The van der Waals surface area contributed by atoms with E-state index in [0.29, 0.717) is 22.3 Å². The van der Waals surface area contributed by atoms with Crippen molar-refractivity contribution in [3.63, 3.8) is 0 Å². The Hall–Kier alpha value is 0.270. The van der Waals surface area contributed by atoms with Crippen LogP contribution >= 0.6 is 11.8 Å². The van der Waals surface area contributed by atoms with Crippen molar-refractivity contribution in [3.05, 3.63) is 0 Å². The van der Waals surface area contributed by atoms with E-state index in [1.165, 1.54) is 25.8 Å². The van der Waals surface area contributed by atoms with Crippen molar-refractivity contribution in [1.29, 1.82) is 0 Å². The molecule has 1 saturated heterocycles. The number of ether oxygens (including phenoxy) is 1. The molecule has 16 heavy (non-hydrogen) atoms. The van der Waals surface area contributed by atoms with Gasteiger partial charge in [-0.2, -0.15) is 11.8 Å². The van der Waals surface area contributed by atoms with E-state index >= 15 is 0 Å². The van der Waals surface area contributed by atoms with Crippen LogP contribution in [0.5, 0.6) is 0 Å². The number of fused-ring (bicyclic) bond motifs is 1. The molecule has 2 aliphatic carbocycles. The smallest absolute Gasteiger partial charge is 0.0685 e. The Labute approximate surface area is 103 Å². The van der Waals surface area contributed by atoms with Gasteiger partial charge < -0.3 is 10.1 Å². The zero-order valence-electron chi connectivity index (χ0n) is 10.6. The second-order valence-electron chi connectivity index (χ2n) is 6.31. The van der Waals surface area contributed by atoms with Crippen molar-refractivity contribution in [1.82, 2.24) is 5.32 Å². The van der Waals surface area contributed by atoms with Crippen LogP contribution in [0.4, 0.5) is 0 Å². The zero-order chi connectivity index (χ0) is 11.4. The first-order chi connectivity index (χ1) is 7.59. The van der Waals surface area contributed by atoms with Gasteiger partial charge in [0, 0.05) is 35.3 Å². The summed E-state index contributed by atoms with van der Waals surface area (Å²) < 4.78 is 6.41. The van der Waals surface area contributed by atoms with Crippen molar-refractivity contribution in [2.24, 2.45) is 11.3 Å². The lowest BCUT2D eigenvalue weighted by atomic mass is 9.57. The van der Waals surface area contributed by atoms with Gasteiger partial charge in [-0.25, -0.2) is 0 Å². The van der Waals surface area contributed by atoms with Gasteiger partial charge >= 0.3 is 0 Å². The fourth-order valence-electron chi connectivity index (χ4n) is 3.63. The van der Waals surface area contributed by atoms with E-state index in [-0.39, 0.29) is 0 Å². The van der Waals surface area contributed by atoms with E-state index in [1.54, 1.807) is 0 Å². The second kappa shape index (κ2) is 3.63. The Bertz CT molecular complexity index is 288. The van der Waals surface area contributed by atoms with Crippen LogP contribution in [0.3, 0.4) is 0 Å².